The van der Waals surface area contributed by atoms with Gasteiger partial charge in [0.1, 0.15) is 19.3 Å². The van der Waals surface area contributed by atoms with Gasteiger partial charge in [-0.15, -0.1) is 0 Å². The summed E-state index contributed by atoms with van der Waals surface area (Å²) in [5.41, 5.74) is 0. The molecule has 1 unspecified atom stereocenters. The Bertz CT molecular complexity index is 567. The Hall–Kier alpha value is -3.25. The van der Waals surface area contributed by atoms with E-state index >= 15 is 0 Å². The summed E-state index contributed by atoms with van der Waals surface area (Å²) in [6, 6.07) is -1.50. The highest BCUT2D eigenvalue weighted by atomic mass is 16.5. The average molecular weight is 393 g/mol. The van der Waals surface area contributed by atoms with E-state index < -0.39 is 42.7 Å². The molecule has 0 aliphatic rings. The number of carbonyl (C=O) groups is 5. The van der Waals surface area contributed by atoms with Crippen LogP contribution in [0.1, 0.15) is 6.42 Å². The van der Waals surface area contributed by atoms with E-state index in [0.717, 1.165) is 16.8 Å². The Kier molecular flexibility index (Phi) is 10.0. The predicted octanol–water partition coefficient (Wildman–Crippen LogP) is -0.339. The summed E-state index contributed by atoms with van der Waals surface area (Å²) >= 11 is 0. The summed E-state index contributed by atoms with van der Waals surface area (Å²) in [7, 11) is 3.58. The summed E-state index contributed by atoms with van der Waals surface area (Å²) in [5.74, 6) is -1.97. The molecule has 0 saturated carbocycles. The third-order valence-corrected chi connectivity index (χ3v) is 3.42. The van der Waals surface area contributed by atoms with Crippen LogP contribution in [0.5, 0.6) is 0 Å². The van der Waals surface area contributed by atoms with Gasteiger partial charge in [0.15, 0.2) is 0 Å². The van der Waals surface area contributed by atoms with Gasteiger partial charge in [0.05, 0.1) is 19.5 Å². The number of likely N-dealkylation sites (N-methyl/N-ethyl adjacent to an activating group) is 3. The van der Waals surface area contributed by atoms with Crippen LogP contribution in [0.15, 0.2) is 0 Å². The van der Waals surface area contributed by atoms with Gasteiger partial charge in [-0.05, 0) is 0 Å². The molecular weight excluding hydrogens is 370 g/mol. The Labute approximate surface area is 154 Å². The zero-order valence-corrected chi connectivity index (χ0v) is 15.2. The zero-order chi connectivity index (χ0) is 21.1. The number of ether oxygens (including phenoxy) is 2. The third-order valence-electron chi connectivity index (χ3n) is 3.42. The lowest BCUT2D eigenvalue weighted by molar-refractivity contribution is -0.155. The molecule has 27 heavy (non-hydrogen) atoms. The van der Waals surface area contributed by atoms with Gasteiger partial charge in [-0.3, -0.25) is 9.69 Å². The van der Waals surface area contributed by atoms with Gasteiger partial charge in [-0.2, -0.15) is 0 Å². The van der Waals surface area contributed by atoms with Crippen LogP contribution in [0.4, 0.5) is 14.4 Å². The van der Waals surface area contributed by atoms with Gasteiger partial charge in [0.25, 0.3) is 0 Å². The maximum atomic E-state index is 12.1. The Morgan fingerprint density at radius 1 is 0.778 bits per heavy atom. The molecule has 0 aromatic carbocycles. The molecule has 0 saturated heterocycles. The topological polar surface area (TPSA) is 174 Å². The molecule has 13 nitrogen and oxygen atoms in total. The van der Waals surface area contributed by atoms with E-state index in [1.54, 1.807) is 0 Å². The predicted molar refractivity (Wildman–Crippen MR) is 87.4 cm³/mol. The van der Waals surface area contributed by atoms with Crippen molar-refractivity contribution >= 4 is 30.2 Å². The van der Waals surface area contributed by atoms with Crippen molar-refractivity contribution in [1.82, 2.24) is 14.7 Å². The van der Waals surface area contributed by atoms with Gasteiger partial charge < -0.3 is 34.6 Å². The fraction of sp³-hybridized carbons (Fsp3) is 0.643. The number of nitrogens with zero attached hydrogens (tertiary/aromatic N) is 3. The molecule has 1 atom stereocenters. The van der Waals surface area contributed by atoms with E-state index in [1.807, 2.05) is 0 Å². The highest BCUT2D eigenvalue weighted by Gasteiger charge is 2.31. The molecule has 0 aromatic heterocycles. The molecule has 3 N–H and O–H groups in total. The SMILES string of the molecule is CN(CCOC(=O)CC(C(=O)OCCN(C)C(=O)O)N(C)C(=O)O)C(=O)O. The quantitative estimate of drug-likeness (QED) is 0.416. The molecule has 0 radical (unpaired) electrons. The van der Waals surface area contributed by atoms with Crippen molar-refractivity contribution in [3.8, 4) is 0 Å². The van der Waals surface area contributed by atoms with Crippen LogP contribution in [-0.2, 0) is 19.1 Å². The van der Waals surface area contributed by atoms with Crippen molar-refractivity contribution in [3.63, 3.8) is 0 Å². The maximum Gasteiger partial charge on any atom is 0.407 e. The van der Waals surface area contributed by atoms with Crippen LogP contribution in [0.2, 0.25) is 0 Å². The second-order valence-electron chi connectivity index (χ2n) is 5.41. The van der Waals surface area contributed by atoms with E-state index in [0.29, 0.717) is 4.90 Å². The monoisotopic (exact) mass is 393 g/mol. The molecule has 0 aliphatic carbocycles. The largest absolute Gasteiger partial charge is 0.465 e. The van der Waals surface area contributed by atoms with Crippen LogP contribution in [0.25, 0.3) is 0 Å². The van der Waals surface area contributed by atoms with Crippen LogP contribution < -0.4 is 0 Å². The standard InChI is InChI=1S/C14H23N3O10/c1-15(12(20)21)4-6-26-10(18)8-9(17(3)14(24)25)11(19)27-7-5-16(2)13(22)23/h9H,4-8H2,1-3H3,(H,20,21)(H,22,23)(H,24,25). The van der Waals surface area contributed by atoms with Crippen LogP contribution in [-0.4, -0.2) is 114 Å². The molecule has 13 heteroatoms. The fourth-order valence-electron chi connectivity index (χ4n) is 1.60. The van der Waals surface area contributed by atoms with Crippen LogP contribution in [0, 0.1) is 0 Å². The second kappa shape index (κ2) is 11.4. The summed E-state index contributed by atoms with van der Waals surface area (Å²) in [6.07, 6.45) is -4.59. The molecule has 0 rings (SSSR count). The molecule has 3 amide bonds. The molecule has 0 heterocycles. The van der Waals surface area contributed by atoms with Crippen molar-refractivity contribution in [3.05, 3.63) is 0 Å². The summed E-state index contributed by atoms with van der Waals surface area (Å²) < 4.78 is 9.62. The lowest BCUT2D eigenvalue weighted by Gasteiger charge is -2.24. The number of carboxylic acid groups (broad SMARTS) is 3. The minimum absolute atomic E-state index is 0.105. The molecule has 154 valence electrons. The first kappa shape index (κ1) is 23.8. The number of carbonyl (C=O) groups excluding carboxylic acids is 2. The average Bonchev–Trinajstić information content (AvgIpc) is 2.58. The normalized spacial score (nSPS) is 11.1. The van der Waals surface area contributed by atoms with E-state index in [-0.39, 0.29) is 26.3 Å². The minimum atomic E-state index is -1.50. The lowest BCUT2D eigenvalue weighted by atomic mass is 10.2. The highest BCUT2D eigenvalue weighted by Crippen LogP contribution is 2.07. The number of amides is 3. The Morgan fingerprint density at radius 3 is 1.63 bits per heavy atom. The smallest absolute Gasteiger partial charge is 0.407 e. The lowest BCUT2D eigenvalue weighted by Crippen LogP contribution is -2.45. The van der Waals surface area contributed by atoms with Gasteiger partial charge in [0, 0.05) is 21.1 Å². The molecule has 0 fully saturated rings. The molecular formula is C14H23N3O10. The minimum Gasteiger partial charge on any atom is -0.465 e. The first-order chi connectivity index (χ1) is 12.5. The summed E-state index contributed by atoms with van der Waals surface area (Å²) in [4.78, 5) is 58.5. The maximum absolute atomic E-state index is 12.1. The second-order valence-corrected chi connectivity index (χ2v) is 5.41. The van der Waals surface area contributed by atoms with Gasteiger partial charge in [-0.1, -0.05) is 0 Å². The fourth-order valence-corrected chi connectivity index (χ4v) is 1.60. The summed E-state index contributed by atoms with van der Waals surface area (Å²) in [5, 5.41) is 26.4. The van der Waals surface area contributed by atoms with Crippen molar-refractivity contribution < 1.29 is 48.8 Å². The van der Waals surface area contributed by atoms with Gasteiger partial charge >= 0.3 is 30.2 Å². The van der Waals surface area contributed by atoms with E-state index in [1.165, 1.54) is 14.1 Å². The number of esters is 2. The van der Waals surface area contributed by atoms with Crippen molar-refractivity contribution in [1.29, 1.82) is 0 Å². The first-order valence-electron chi connectivity index (χ1n) is 7.63. The summed E-state index contributed by atoms with van der Waals surface area (Å²) in [6.45, 7) is -0.851. The van der Waals surface area contributed by atoms with Crippen molar-refractivity contribution in [2.24, 2.45) is 0 Å². The molecule has 0 spiro atoms. The number of hydrogen-bond donors (Lipinski definition) is 3. The van der Waals surface area contributed by atoms with Gasteiger partial charge in [-0.25, -0.2) is 19.2 Å². The van der Waals surface area contributed by atoms with Gasteiger partial charge in [0.2, 0.25) is 0 Å². The van der Waals surface area contributed by atoms with Crippen molar-refractivity contribution in [2.75, 3.05) is 47.4 Å². The molecule has 0 bridgehead atoms. The number of hydrogen-bond acceptors (Lipinski definition) is 7. The highest BCUT2D eigenvalue weighted by molar-refractivity contribution is 5.85. The Morgan fingerprint density at radius 2 is 1.22 bits per heavy atom. The Balaban J connectivity index is 4.69. The van der Waals surface area contributed by atoms with E-state index in [4.69, 9.17) is 24.8 Å². The molecule has 0 aliphatic heterocycles. The van der Waals surface area contributed by atoms with E-state index in [2.05, 4.69) is 0 Å². The molecule has 0 aromatic rings. The third kappa shape index (κ3) is 9.13. The van der Waals surface area contributed by atoms with Crippen LogP contribution >= 0.6 is 0 Å². The zero-order valence-electron chi connectivity index (χ0n) is 15.2. The van der Waals surface area contributed by atoms with Crippen LogP contribution in [0.3, 0.4) is 0 Å². The first-order valence-corrected chi connectivity index (χ1v) is 7.63. The van der Waals surface area contributed by atoms with Crippen molar-refractivity contribution in [2.45, 2.75) is 12.5 Å². The van der Waals surface area contributed by atoms with E-state index in [9.17, 15) is 24.0 Å². The number of rotatable bonds is 10.